The zero-order valence-electron chi connectivity index (χ0n) is 9.64. The Hall–Kier alpha value is -0.490. The zero-order valence-corrected chi connectivity index (χ0v) is 10.5. The minimum atomic E-state index is -0.395. The van der Waals surface area contributed by atoms with Gasteiger partial charge in [-0.25, -0.2) is 4.98 Å². The highest BCUT2D eigenvalue weighted by Gasteiger charge is 2.27. The van der Waals surface area contributed by atoms with Crippen molar-refractivity contribution in [3.05, 3.63) is 16.1 Å². The third kappa shape index (κ3) is 2.60. The second kappa shape index (κ2) is 5.23. The first kappa shape index (κ1) is 12.0. The Labute approximate surface area is 99.7 Å². The molecular formula is C11H18N2O2S. The maximum Gasteiger partial charge on any atom is 0.109 e. The molecule has 1 saturated heterocycles. The Kier molecular flexibility index (Phi) is 3.91. The molecule has 0 spiro atoms. The molecule has 1 aromatic heterocycles. The van der Waals surface area contributed by atoms with Gasteiger partial charge in [0.25, 0.3) is 0 Å². The zero-order chi connectivity index (χ0) is 11.5. The Morgan fingerprint density at radius 1 is 1.69 bits per heavy atom. The van der Waals surface area contributed by atoms with E-state index in [4.69, 9.17) is 4.74 Å². The van der Waals surface area contributed by atoms with Crippen LogP contribution in [-0.4, -0.2) is 35.5 Å². The molecular weight excluding hydrogens is 224 g/mol. The molecule has 1 aliphatic heterocycles. The fourth-order valence-electron chi connectivity index (χ4n) is 1.78. The maximum atomic E-state index is 9.63. The molecule has 3 atom stereocenters. The molecule has 0 saturated carbocycles. The second-order valence-electron chi connectivity index (χ2n) is 4.12. The lowest BCUT2D eigenvalue weighted by molar-refractivity contribution is 0.121. The molecule has 0 amide bonds. The monoisotopic (exact) mass is 242 g/mol. The molecule has 1 fully saturated rings. The SMILES string of the molecule is CCc1cnc(C(C)NC2COCC2O)s1. The summed E-state index contributed by atoms with van der Waals surface area (Å²) in [6, 6.07) is 0.204. The van der Waals surface area contributed by atoms with Crippen LogP contribution < -0.4 is 5.32 Å². The van der Waals surface area contributed by atoms with Gasteiger partial charge in [0.05, 0.1) is 31.4 Å². The van der Waals surface area contributed by atoms with Crippen molar-refractivity contribution in [2.45, 2.75) is 38.5 Å². The van der Waals surface area contributed by atoms with E-state index in [1.165, 1.54) is 4.88 Å². The van der Waals surface area contributed by atoms with E-state index < -0.39 is 6.10 Å². The van der Waals surface area contributed by atoms with Gasteiger partial charge in [-0.1, -0.05) is 6.92 Å². The molecule has 3 unspecified atom stereocenters. The maximum absolute atomic E-state index is 9.63. The number of nitrogens with one attached hydrogen (secondary N) is 1. The second-order valence-corrected chi connectivity index (χ2v) is 5.26. The number of hydrogen-bond acceptors (Lipinski definition) is 5. The normalized spacial score (nSPS) is 27.2. The summed E-state index contributed by atoms with van der Waals surface area (Å²) in [5.74, 6) is 0. The Morgan fingerprint density at radius 2 is 2.50 bits per heavy atom. The number of aromatic nitrogens is 1. The number of ether oxygens (including phenoxy) is 1. The predicted molar refractivity (Wildman–Crippen MR) is 63.7 cm³/mol. The number of aliphatic hydroxyl groups is 1. The number of rotatable bonds is 4. The van der Waals surface area contributed by atoms with Gasteiger partial charge in [0.2, 0.25) is 0 Å². The summed E-state index contributed by atoms with van der Waals surface area (Å²) in [6.45, 7) is 5.22. The van der Waals surface area contributed by atoms with Gasteiger partial charge >= 0.3 is 0 Å². The van der Waals surface area contributed by atoms with Gasteiger partial charge in [-0.05, 0) is 13.3 Å². The topological polar surface area (TPSA) is 54.4 Å². The minimum Gasteiger partial charge on any atom is -0.389 e. The number of aryl methyl sites for hydroxylation is 1. The van der Waals surface area contributed by atoms with Crippen molar-refractivity contribution in [1.82, 2.24) is 10.3 Å². The average Bonchev–Trinajstić information content (AvgIpc) is 2.88. The first-order valence-electron chi connectivity index (χ1n) is 5.67. The van der Waals surface area contributed by atoms with E-state index in [9.17, 15) is 5.11 Å². The van der Waals surface area contributed by atoms with Crippen LogP contribution in [0.2, 0.25) is 0 Å². The van der Waals surface area contributed by atoms with Gasteiger partial charge in [0.1, 0.15) is 5.01 Å². The van der Waals surface area contributed by atoms with E-state index in [0.29, 0.717) is 13.2 Å². The van der Waals surface area contributed by atoms with Crippen molar-refractivity contribution in [2.24, 2.45) is 0 Å². The van der Waals surface area contributed by atoms with Crippen LogP contribution >= 0.6 is 11.3 Å². The van der Waals surface area contributed by atoms with Gasteiger partial charge in [-0.15, -0.1) is 11.3 Å². The average molecular weight is 242 g/mol. The summed E-state index contributed by atoms with van der Waals surface area (Å²) >= 11 is 1.73. The molecule has 16 heavy (non-hydrogen) atoms. The Morgan fingerprint density at radius 3 is 3.06 bits per heavy atom. The fraction of sp³-hybridized carbons (Fsp3) is 0.727. The van der Waals surface area contributed by atoms with Crippen molar-refractivity contribution in [1.29, 1.82) is 0 Å². The van der Waals surface area contributed by atoms with Crippen molar-refractivity contribution in [3.8, 4) is 0 Å². The van der Waals surface area contributed by atoms with Crippen molar-refractivity contribution >= 4 is 11.3 Å². The molecule has 0 bridgehead atoms. The molecule has 2 heterocycles. The lowest BCUT2D eigenvalue weighted by atomic mass is 10.2. The molecule has 0 radical (unpaired) electrons. The smallest absolute Gasteiger partial charge is 0.109 e. The van der Waals surface area contributed by atoms with E-state index in [1.54, 1.807) is 11.3 Å². The van der Waals surface area contributed by atoms with Crippen LogP contribution in [0.3, 0.4) is 0 Å². The highest BCUT2D eigenvalue weighted by molar-refractivity contribution is 7.11. The molecule has 0 aliphatic carbocycles. The van der Waals surface area contributed by atoms with E-state index >= 15 is 0 Å². The third-order valence-electron chi connectivity index (χ3n) is 2.80. The van der Waals surface area contributed by atoms with Gasteiger partial charge in [0, 0.05) is 11.1 Å². The summed E-state index contributed by atoms with van der Waals surface area (Å²) in [6.07, 6.45) is 2.56. The van der Waals surface area contributed by atoms with E-state index in [0.717, 1.165) is 11.4 Å². The molecule has 5 heteroatoms. The molecule has 1 aromatic rings. The summed E-state index contributed by atoms with van der Waals surface area (Å²) in [4.78, 5) is 5.69. The highest BCUT2D eigenvalue weighted by Crippen LogP contribution is 2.21. The standard InChI is InChI=1S/C11H18N2O2S/c1-3-8-4-12-11(16-8)7(2)13-9-5-15-6-10(9)14/h4,7,9-10,13-14H,3,5-6H2,1-2H3. The van der Waals surface area contributed by atoms with E-state index in [2.05, 4.69) is 24.1 Å². The quantitative estimate of drug-likeness (QED) is 0.830. The third-order valence-corrected chi connectivity index (χ3v) is 4.13. The Bertz CT molecular complexity index is 342. The summed E-state index contributed by atoms with van der Waals surface area (Å²) < 4.78 is 5.20. The van der Waals surface area contributed by atoms with Crippen LogP contribution in [0, 0.1) is 0 Å². The van der Waals surface area contributed by atoms with Crippen molar-refractivity contribution in [3.63, 3.8) is 0 Å². The molecule has 90 valence electrons. The first-order chi connectivity index (χ1) is 7.70. The highest BCUT2D eigenvalue weighted by atomic mass is 32.1. The molecule has 1 aliphatic rings. The van der Waals surface area contributed by atoms with Crippen LogP contribution in [-0.2, 0) is 11.2 Å². The lowest BCUT2D eigenvalue weighted by Crippen LogP contribution is -2.40. The van der Waals surface area contributed by atoms with Gasteiger partial charge < -0.3 is 15.2 Å². The van der Waals surface area contributed by atoms with E-state index in [-0.39, 0.29) is 12.1 Å². The van der Waals surface area contributed by atoms with Gasteiger partial charge in [-0.3, -0.25) is 0 Å². The first-order valence-corrected chi connectivity index (χ1v) is 6.48. The van der Waals surface area contributed by atoms with Crippen molar-refractivity contribution in [2.75, 3.05) is 13.2 Å². The number of hydrogen-bond donors (Lipinski definition) is 2. The van der Waals surface area contributed by atoms with Crippen LogP contribution in [0.15, 0.2) is 6.20 Å². The predicted octanol–water partition coefficient (Wildman–Crippen LogP) is 1.12. The van der Waals surface area contributed by atoms with Crippen LogP contribution in [0.4, 0.5) is 0 Å². The molecule has 2 rings (SSSR count). The largest absolute Gasteiger partial charge is 0.389 e. The number of thiazole rings is 1. The van der Waals surface area contributed by atoms with Crippen LogP contribution in [0.1, 0.15) is 29.8 Å². The van der Waals surface area contributed by atoms with E-state index in [1.807, 2.05) is 6.20 Å². The number of aliphatic hydroxyl groups excluding tert-OH is 1. The molecule has 0 aromatic carbocycles. The molecule has 4 nitrogen and oxygen atoms in total. The minimum absolute atomic E-state index is 0.0315. The Balaban J connectivity index is 1.94. The fourth-order valence-corrected chi connectivity index (χ4v) is 2.65. The van der Waals surface area contributed by atoms with Crippen LogP contribution in [0.25, 0.3) is 0 Å². The summed E-state index contributed by atoms with van der Waals surface area (Å²) in [5.41, 5.74) is 0. The van der Waals surface area contributed by atoms with Gasteiger partial charge in [-0.2, -0.15) is 0 Å². The van der Waals surface area contributed by atoms with Crippen molar-refractivity contribution < 1.29 is 9.84 Å². The lowest BCUT2D eigenvalue weighted by Gasteiger charge is -2.18. The van der Waals surface area contributed by atoms with Gasteiger partial charge in [0.15, 0.2) is 0 Å². The summed E-state index contributed by atoms with van der Waals surface area (Å²) in [5, 5.41) is 14.1. The molecule has 2 N–H and O–H groups in total. The van der Waals surface area contributed by atoms with Crippen LogP contribution in [0.5, 0.6) is 0 Å². The summed E-state index contributed by atoms with van der Waals surface area (Å²) in [7, 11) is 0. The number of nitrogens with zero attached hydrogens (tertiary/aromatic N) is 1.